The zero-order chi connectivity index (χ0) is 21.9. The predicted molar refractivity (Wildman–Crippen MR) is 104 cm³/mol. The van der Waals surface area contributed by atoms with Crippen molar-refractivity contribution < 1.29 is 27.6 Å². The largest absolute Gasteiger partial charge is 0.471 e. The molecular formula is C21H26F3N3O3. The first-order chi connectivity index (χ1) is 14.2. The summed E-state index contributed by atoms with van der Waals surface area (Å²) in [5, 5.41) is 2.81. The van der Waals surface area contributed by atoms with E-state index in [1.807, 2.05) is 4.90 Å². The number of amides is 3. The molecule has 0 bridgehead atoms. The van der Waals surface area contributed by atoms with E-state index in [-0.39, 0.29) is 36.7 Å². The maximum Gasteiger partial charge on any atom is 0.471 e. The van der Waals surface area contributed by atoms with E-state index in [1.54, 1.807) is 24.3 Å². The van der Waals surface area contributed by atoms with Crippen LogP contribution in [0.25, 0.3) is 0 Å². The Labute approximate surface area is 173 Å². The number of alkyl halides is 3. The Morgan fingerprint density at radius 2 is 1.77 bits per heavy atom. The number of piperidine rings is 1. The van der Waals surface area contributed by atoms with Gasteiger partial charge in [-0.15, -0.1) is 0 Å². The van der Waals surface area contributed by atoms with Gasteiger partial charge in [-0.2, -0.15) is 13.2 Å². The SMILES string of the molecule is CCN(Cc1cccc(NC(=O)C2CCN(C(=O)C3CC3)CC2)c1)C(=O)C(F)(F)F. The topological polar surface area (TPSA) is 69.7 Å². The van der Waals surface area contributed by atoms with Crippen LogP contribution < -0.4 is 5.32 Å². The first-order valence-corrected chi connectivity index (χ1v) is 10.2. The highest BCUT2D eigenvalue weighted by Crippen LogP contribution is 2.32. The number of nitrogens with one attached hydrogen (secondary N) is 1. The molecule has 1 aliphatic carbocycles. The standard InChI is InChI=1S/C21H26F3N3O3/c1-2-26(20(30)21(22,23)24)13-14-4-3-5-17(12-14)25-18(28)15-8-10-27(11-9-15)19(29)16-6-7-16/h3-5,12,15-16H,2,6-11,13H2,1H3,(H,25,28). The molecule has 1 aromatic carbocycles. The fourth-order valence-electron chi connectivity index (χ4n) is 3.67. The van der Waals surface area contributed by atoms with E-state index >= 15 is 0 Å². The molecule has 1 aromatic rings. The zero-order valence-corrected chi connectivity index (χ0v) is 16.9. The van der Waals surface area contributed by atoms with Gasteiger partial charge in [-0.05, 0) is 50.3 Å². The monoisotopic (exact) mass is 425 g/mol. The number of likely N-dealkylation sites (tertiary alicyclic amines) is 1. The lowest BCUT2D eigenvalue weighted by Gasteiger charge is -2.31. The number of benzene rings is 1. The molecule has 1 heterocycles. The van der Waals surface area contributed by atoms with Gasteiger partial charge in [0.1, 0.15) is 0 Å². The van der Waals surface area contributed by atoms with E-state index in [0.29, 0.717) is 42.1 Å². The number of rotatable bonds is 6. The van der Waals surface area contributed by atoms with Gasteiger partial charge in [-0.25, -0.2) is 0 Å². The average molecular weight is 425 g/mol. The van der Waals surface area contributed by atoms with E-state index in [9.17, 15) is 27.6 Å². The lowest BCUT2D eigenvalue weighted by atomic mass is 9.95. The summed E-state index contributed by atoms with van der Waals surface area (Å²) in [6.07, 6.45) is -1.82. The Morgan fingerprint density at radius 1 is 1.10 bits per heavy atom. The molecule has 2 fully saturated rings. The molecule has 6 nitrogen and oxygen atoms in total. The third kappa shape index (κ3) is 5.52. The molecular weight excluding hydrogens is 399 g/mol. The van der Waals surface area contributed by atoms with Crippen LogP contribution in [0.1, 0.15) is 38.2 Å². The Morgan fingerprint density at radius 3 is 2.33 bits per heavy atom. The van der Waals surface area contributed by atoms with Crippen molar-refractivity contribution in [2.75, 3.05) is 25.0 Å². The van der Waals surface area contributed by atoms with Crippen molar-refractivity contribution in [1.82, 2.24) is 9.80 Å². The highest BCUT2D eigenvalue weighted by atomic mass is 19.4. The molecule has 2 aliphatic rings. The van der Waals surface area contributed by atoms with Crippen LogP contribution in [0.15, 0.2) is 24.3 Å². The van der Waals surface area contributed by atoms with Gasteiger partial charge in [-0.1, -0.05) is 12.1 Å². The third-order valence-corrected chi connectivity index (χ3v) is 5.58. The Hall–Kier alpha value is -2.58. The van der Waals surface area contributed by atoms with Crippen molar-refractivity contribution in [3.63, 3.8) is 0 Å². The van der Waals surface area contributed by atoms with E-state index < -0.39 is 12.1 Å². The van der Waals surface area contributed by atoms with E-state index in [2.05, 4.69) is 5.32 Å². The van der Waals surface area contributed by atoms with Crippen molar-refractivity contribution in [2.24, 2.45) is 11.8 Å². The summed E-state index contributed by atoms with van der Waals surface area (Å²) in [6, 6.07) is 6.49. The maximum absolute atomic E-state index is 12.7. The van der Waals surface area contributed by atoms with Gasteiger partial charge in [0.15, 0.2) is 0 Å². The minimum Gasteiger partial charge on any atom is -0.342 e. The Balaban J connectivity index is 1.55. The molecule has 1 saturated heterocycles. The minimum atomic E-state index is -4.92. The molecule has 164 valence electrons. The molecule has 3 rings (SSSR count). The lowest BCUT2D eigenvalue weighted by molar-refractivity contribution is -0.185. The van der Waals surface area contributed by atoms with Crippen LogP contribution in [0.2, 0.25) is 0 Å². The molecule has 0 spiro atoms. The van der Waals surface area contributed by atoms with Crippen LogP contribution >= 0.6 is 0 Å². The summed E-state index contributed by atoms with van der Waals surface area (Å²) in [5.74, 6) is -1.90. The van der Waals surface area contributed by atoms with Crippen LogP contribution in [-0.4, -0.2) is 53.3 Å². The van der Waals surface area contributed by atoms with Crippen molar-refractivity contribution in [1.29, 1.82) is 0 Å². The average Bonchev–Trinajstić information content (AvgIpc) is 3.56. The summed E-state index contributed by atoms with van der Waals surface area (Å²) < 4.78 is 38.1. The van der Waals surface area contributed by atoms with E-state index in [0.717, 1.165) is 12.8 Å². The first kappa shape index (κ1) is 22.1. The number of hydrogen-bond acceptors (Lipinski definition) is 3. The number of carbonyl (C=O) groups is 3. The minimum absolute atomic E-state index is 0.0763. The quantitative estimate of drug-likeness (QED) is 0.761. The second-order valence-corrected chi connectivity index (χ2v) is 7.88. The molecule has 0 radical (unpaired) electrons. The summed E-state index contributed by atoms with van der Waals surface area (Å²) >= 11 is 0. The van der Waals surface area contributed by atoms with E-state index in [4.69, 9.17) is 0 Å². The number of carbonyl (C=O) groups excluding carboxylic acids is 3. The maximum atomic E-state index is 12.7. The Kier molecular flexibility index (Phi) is 6.67. The fourth-order valence-corrected chi connectivity index (χ4v) is 3.67. The van der Waals surface area contributed by atoms with Crippen molar-refractivity contribution in [2.45, 2.75) is 45.3 Å². The highest BCUT2D eigenvalue weighted by Gasteiger charge is 2.42. The zero-order valence-electron chi connectivity index (χ0n) is 16.9. The second-order valence-electron chi connectivity index (χ2n) is 7.88. The molecule has 0 aromatic heterocycles. The number of hydrogen-bond donors (Lipinski definition) is 1. The highest BCUT2D eigenvalue weighted by molar-refractivity contribution is 5.93. The smallest absolute Gasteiger partial charge is 0.342 e. The normalized spacial score (nSPS) is 17.5. The van der Waals surface area contributed by atoms with Gasteiger partial charge in [0.2, 0.25) is 11.8 Å². The fraction of sp³-hybridized carbons (Fsp3) is 0.571. The molecule has 9 heteroatoms. The van der Waals surface area contributed by atoms with E-state index in [1.165, 1.54) is 6.92 Å². The summed E-state index contributed by atoms with van der Waals surface area (Å²) in [4.78, 5) is 38.7. The number of nitrogens with zero attached hydrogens (tertiary/aromatic N) is 2. The third-order valence-electron chi connectivity index (χ3n) is 5.58. The van der Waals surface area contributed by atoms with Crippen LogP contribution in [0.3, 0.4) is 0 Å². The Bertz CT molecular complexity index is 800. The second kappa shape index (κ2) is 9.06. The van der Waals surface area contributed by atoms with Gasteiger partial charge in [-0.3, -0.25) is 14.4 Å². The molecule has 0 unspecified atom stereocenters. The number of halogens is 3. The number of anilines is 1. The molecule has 1 N–H and O–H groups in total. The van der Waals surface area contributed by atoms with Gasteiger partial charge >= 0.3 is 12.1 Å². The summed E-state index contributed by atoms with van der Waals surface area (Å²) in [5.41, 5.74) is 0.974. The van der Waals surface area contributed by atoms with Crippen molar-refractivity contribution in [3.8, 4) is 0 Å². The molecule has 30 heavy (non-hydrogen) atoms. The summed E-state index contributed by atoms with van der Waals surface area (Å²) in [6.45, 7) is 2.35. The van der Waals surface area contributed by atoms with Crippen LogP contribution in [-0.2, 0) is 20.9 Å². The lowest BCUT2D eigenvalue weighted by Crippen LogP contribution is -2.42. The van der Waals surface area contributed by atoms with Crippen molar-refractivity contribution in [3.05, 3.63) is 29.8 Å². The van der Waals surface area contributed by atoms with Crippen LogP contribution in [0.5, 0.6) is 0 Å². The van der Waals surface area contributed by atoms with Gasteiger partial charge < -0.3 is 15.1 Å². The molecule has 0 atom stereocenters. The first-order valence-electron chi connectivity index (χ1n) is 10.2. The van der Waals surface area contributed by atoms with Crippen LogP contribution in [0, 0.1) is 11.8 Å². The van der Waals surface area contributed by atoms with Crippen molar-refractivity contribution >= 4 is 23.4 Å². The molecule has 1 aliphatic heterocycles. The summed E-state index contributed by atoms with van der Waals surface area (Å²) in [7, 11) is 0. The van der Waals surface area contributed by atoms with Gasteiger partial charge in [0.25, 0.3) is 0 Å². The van der Waals surface area contributed by atoms with Gasteiger partial charge in [0, 0.05) is 43.7 Å². The van der Waals surface area contributed by atoms with Crippen LogP contribution in [0.4, 0.5) is 18.9 Å². The molecule has 3 amide bonds. The van der Waals surface area contributed by atoms with Gasteiger partial charge in [0.05, 0.1) is 0 Å². The molecule has 1 saturated carbocycles. The predicted octanol–water partition coefficient (Wildman–Crippen LogP) is 3.18.